The number of hydrogen-bond donors (Lipinski definition) is 0. The van der Waals surface area contributed by atoms with Gasteiger partial charge in [-0.05, 0) is 38.3 Å². The topological polar surface area (TPSA) is 9.23 Å². The van der Waals surface area contributed by atoms with Crippen molar-refractivity contribution in [1.29, 1.82) is 0 Å². The van der Waals surface area contributed by atoms with Crippen molar-refractivity contribution in [2.45, 2.75) is 50.3 Å². The highest BCUT2D eigenvalue weighted by Crippen LogP contribution is 2.46. The largest absolute Gasteiger partial charge is 0.495 e. The second-order valence-electron chi connectivity index (χ2n) is 4.32. The first-order valence-electron chi connectivity index (χ1n) is 6.31. The lowest BCUT2D eigenvalue weighted by atomic mass is 10.1. The molecule has 1 aliphatic carbocycles. The molecule has 0 N–H and O–H groups in total. The summed E-state index contributed by atoms with van der Waals surface area (Å²) in [6, 6.07) is 0. The monoisotopic (exact) mass is 506 g/mol. The van der Waals surface area contributed by atoms with Crippen LogP contribution in [0.1, 0.15) is 45.4 Å². The van der Waals surface area contributed by atoms with Crippen molar-refractivity contribution in [3.05, 3.63) is 19.2 Å². The first kappa shape index (κ1) is 17.3. The molecule has 0 fully saturated rings. The summed E-state index contributed by atoms with van der Waals surface area (Å²) >= 11 is 14.2. The molecule has 1 atom stereocenters. The number of alkyl halides is 1. The van der Waals surface area contributed by atoms with Crippen molar-refractivity contribution in [2.24, 2.45) is 0 Å². The van der Waals surface area contributed by atoms with Crippen molar-refractivity contribution in [3.8, 4) is 0 Å². The number of ether oxygens (including phenoxy) is 1. The zero-order valence-corrected chi connectivity index (χ0v) is 16.8. The van der Waals surface area contributed by atoms with E-state index in [0.717, 1.165) is 32.2 Å². The summed E-state index contributed by atoms with van der Waals surface area (Å²) in [5, 5.41) is 0. The average Bonchev–Trinajstić information content (AvgIpc) is 2.55. The van der Waals surface area contributed by atoms with Gasteiger partial charge in [0.1, 0.15) is 10.6 Å². The molecule has 0 aromatic rings. The van der Waals surface area contributed by atoms with E-state index in [9.17, 15) is 0 Å². The quantitative estimate of drug-likeness (QED) is 0.260. The van der Waals surface area contributed by atoms with E-state index in [0.29, 0.717) is 0 Å². The van der Waals surface area contributed by atoms with Gasteiger partial charge >= 0.3 is 0 Å². The van der Waals surface area contributed by atoms with E-state index < -0.39 is 0 Å². The van der Waals surface area contributed by atoms with Gasteiger partial charge in [-0.25, -0.2) is 0 Å². The zero-order chi connectivity index (χ0) is 13.5. The highest BCUT2D eigenvalue weighted by molar-refractivity contribution is 9.17. The molecule has 0 radical (unpaired) electrons. The van der Waals surface area contributed by atoms with Crippen molar-refractivity contribution in [1.82, 2.24) is 0 Å². The van der Waals surface area contributed by atoms with Gasteiger partial charge in [0, 0.05) is 8.96 Å². The molecular formula is C13H18Br4O. The molecule has 0 saturated heterocycles. The van der Waals surface area contributed by atoms with E-state index in [4.69, 9.17) is 4.74 Å². The molecule has 18 heavy (non-hydrogen) atoms. The Hall–Kier alpha value is 1.20. The van der Waals surface area contributed by atoms with Gasteiger partial charge in [0.05, 0.1) is 11.1 Å². The first-order valence-corrected chi connectivity index (χ1v) is 9.61. The lowest BCUT2D eigenvalue weighted by molar-refractivity contribution is 0.204. The van der Waals surface area contributed by atoms with Crippen LogP contribution in [-0.2, 0) is 4.74 Å². The normalized spacial score (nSPS) is 19.9. The number of halogens is 4. The van der Waals surface area contributed by atoms with E-state index in [1.165, 1.54) is 32.1 Å². The fourth-order valence-electron chi connectivity index (χ4n) is 1.75. The van der Waals surface area contributed by atoms with Gasteiger partial charge in [0.15, 0.2) is 0 Å². The van der Waals surface area contributed by atoms with Crippen molar-refractivity contribution >= 4 is 63.7 Å². The van der Waals surface area contributed by atoms with Gasteiger partial charge in [-0.2, -0.15) is 0 Å². The van der Waals surface area contributed by atoms with Crippen LogP contribution in [0.25, 0.3) is 0 Å². The van der Waals surface area contributed by atoms with Gasteiger partial charge in [-0.15, -0.1) is 0 Å². The van der Waals surface area contributed by atoms with Crippen LogP contribution >= 0.6 is 63.7 Å². The second kappa shape index (κ2) is 9.19. The van der Waals surface area contributed by atoms with E-state index in [1.807, 2.05) is 0 Å². The lowest BCUT2D eigenvalue weighted by Crippen LogP contribution is -2.04. The molecule has 0 aromatic carbocycles. The second-order valence-corrected chi connectivity index (χ2v) is 7.67. The Balaban J connectivity index is 2.21. The molecule has 0 spiro atoms. The molecule has 5 heteroatoms. The molecule has 0 amide bonds. The Morgan fingerprint density at radius 1 is 0.944 bits per heavy atom. The lowest BCUT2D eigenvalue weighted by Gasteiger charge is -2.12. The van der Waals surface area contributed by atoms with Crippen LogP contribution in [0.2, 0.25) is 0 Å². The summed E-state index contributed by atoms with van der Waals surface area (Å²) in [6.45, 7) is 3.03. The molecule has 1 nitrogen and oxygen atoms in total. The smallest absolute Gasteiger partial charge is 0.130 e. The summed E-state index contributed by atoms with van der Waals surface area (Å²) in [7, 11) is 0. The highest BCUT2D eigenvalue weighted by Gasteiger charge is 2.30. The standard InChI is InChI=1S/C13H18Br4O/c1-2-3-4-5-6-7-8-18-13-11(16)9(14)10(15)12(13)17/h11H,2-8H2,1H3. The Labute approximate surface area is 143 Å². The van der Waals surface area contributed by atoms with E-state index in [1.54, 1.807) is 0 Å². The molecule has 1 unspecified atom stereocenters. The Bertz CT molecular complexity index is 336. The van der Waals surface area contributed by atoms with Crippen LogP contribution in [-0.4, -0.2) is 11.4 Å². The van der Waals surface area contributed by atoms with Crippen LogP contribution in [0.4, 0.5) is 0 Å². The number of rotatable bonds is 8. The minimum absolute atomic E-state index is 0.126. The van der Waals surface area contributed by atoms with Gasteiger partial charge in [-0.1, -0.05) is 70.9 Å². The third-order valence-corrected chi connectivity index (χ3v) is 7.84. The Kier molecular flexibility index (Phi) is 8.81. The SMILES string of the molecule is CCCCCCCCOC1=C(Br)C(Br)=C(Br)C1Br. The minimum atomic E-state index is 0.126. The Morgan fingerprint density at radius 3 is 2.11 bits per heavy atom. The van der Waals surface area contributed by atoms with Gasteiger partial charge in [0.25, 0.3) is 0 Å². The van der Waals surface area contributed by atoms with E-state index >= 15 is 0 Å². The summed E-state index contributed by atoms with van der Waals surface area (Å²) in [4.78, 5) is 0.126. The molecular weight excluding hydrogens is 492 g/mol. The Morgan fingerprint density at radius 2 is 1.56 bits per heavy atom. The molecule has 1 rings (SSSR count). The fourth-order valence-corrected chi connectivity index (χ4v) is 4.61. The number of unbranched alkanes of at least 4 members (excludes halogenated alkanes) is 5. The van der Waals surface area contributed by atoms with E-state index in [2.05, 4.69) is 70.6 Å². The zero-order valence-electron chi connectivity index (χ0n) is 10.4. The van der Waals surface area contributed by atoms with Crippen LogP contribution in [0.5, 0.6) is 0 Å². The maximum absolute atomic E-state index is 5.86. The van der Waals surface area contributed by atoms with Crippen molar-refractivity contribution in [3.63, 3.8) is 0 Å². The van der Waals surface area contributed by atoms with Crippen molar-refractivity contribution in [2.75, 3.05) is 6.61 Å². The fraction of sp³-hybridized carbons (Fsp3) is 0.692. The predicted octanol–water partition coefficient (Wildman–Crippen LogP) is 6.75. The summed E-state index contributed by atoms with van der Waals surface area (Å²) in [5.41, 5.74) is 0. The maximum Gasteiger partial charge on any atom is 0.130 e. The van der Waals surface area contributed by atoms with Crippen LogP contribution in [0.15, 0.2) is 19.2 Å². The number of allylic oxidation sites excluding steroid dienone is 3. The molecule has 0 bridgehead atoms. The van der Waals surface area contributed by atoms with Gasteiger partial charge in [-0.3, -0.25) is 0 Å². The van der Waals surface area contributed by atoms with Crippen LogP contribution in [0.3, 0.4) is 0 Å². The molecule has 0 aliphatic heterocycles. The van der Waals surface area contributed by atoms with Crippen LogP contribution < -0.4 is 0 Å². The van der Waals surface area contributed by atoms with Crippen LogP contribution in [0, 0.1) is 0 Å². The average molecular weight is 510 g/mol. The molecule has 1 aliphatic rings. The summed E-state index contributed by atoms with van der Waals surface area (Å²) in [5.74, 6) is 0.960. The summed E-state index contributed by atoms with van der Waals surface area (Å²) in [6.07, 6.45) is 7.71. The predicted molar refractivity (Wildman–Crippen MR) is 92.9 cm³/mol. The number of hydrogen-bond acceptors (Lipinski definition) is 1. The molecule has 0 aromatic heterocycles. The third kappa shape index (κ3) is 4.95. The maximum atomic E-state index is 5.86. The van der Waals surface area contributed by atoms with Crippen molar-refractivity contribution < 1.29 is 4.74 Å². The first-order chi connectivity index (χ1) is 8.59. The van der Waals surface area contributed by atoms with Gasteiger partial charge < -0.3 is 4.74 Å². The minimum Gasteiger partial charge on any atom is -0.495 e. The summed E-state index contributed by atoms with van der Waals surface area (Å²) < 4.78 is 8.97. The molecule has 104 valence electrons. The van der Waals surface area contributed by atoms with E-state index in [-0.39, 0.29) is 4.83 Å². The molecule has 0 saturated carbocycles. The highest BCUT2D eigenvalue weighted by atomic mass is 79.9. The third-order valence-electron chi connectivity index (χ3n) is 2.83. The van der Waals surface area contributed by atoms with Gasteiger partial charge in [0.2, 0.25) is 0 Å². The molecule has 0 heterocycles.